The first-order chi connectivity index (χ1) is 17.1. The lowest BCUT2D eigenvalue weighted by atomic mass is 11.6. The van der Waals surface area contributed by atoms with E-state index in [-0.39, 0.29) is 29.7 Å². The van der Waals surface area contributed by atoms with Gasteiger partial charge in [-0.2, -0.15) is 0 Å². The van der Waals surface area contributed by atoms with Gasteiger partial charge in [-0.15, -0.1) is 0 Å². The van der Waals surface area contributed by atoms with Gasteiger partial charge in [0.2, 0.25) is 0 Å². The third-order valence-electron chi connectivity index (χ3n) is 2.45. The van der Waals surface area contributed by atoms with E-state index in [0.29, 0.717) is 0 Å². The molecule has 14 heteroatoms. The van der Waals surface area contributed by atoms with Gasteiger partial charge in [-0.05, 0) is 78.6 Å². The van der Waals surface area contributed by atoms with Crippen LogP contribution in [0.5, 0.6) is 0 Å². The van der Waals surface area contributed by atoms with Gasteiger partial charge < -0.3 is 47.6 Å². The first-order valence-corrected chi connectivity index (χ1v) is 25.5. The molecule has 0 aromatic heterocycles. The molecule has 0 aliphatic carbocycles. The fourth-order valence-electron chi connectivity index (χ4n) is 0. The van der Waals surface area contributed by atoms with Gasteiger partial charge in [0.05, 0.1) is 0 Å². The van der Waals surface area contributed by atoms with E-state index in [2.05, 4.69) is 88.0 Å². The fourth-order valence-corrected chi connectivity index (χ4v) is 0. The highest BCUT2D eigenvalue weighted by molar-refractivity contribution is 6.70. The molecule has 0 atom stereocenters. The summed E-state index contributed by atoms with van der Waals surface area (Å²) >= 11 is 0. The molecule has 280 valence electrons. The monoisotopic (exact) mass is 701 g/mol. The molecular formula is C28H92O10Si4. The number of rotatable bonds is 4. The smallest absolute Gasteiger partial charge is 0.183 e. The number of methoxy groups -OCH3 is 2. The predicted molar refractivity (Wildman–Crippen MR) is 207 cm³/mol. The van der Waals surface area contributed by atoms with Crippen molar-refractivity contribution in [1.29, 1.82) is 0 Å². The molecule has 0 fully saturated rings. The highest BCUT2D eigenvalue weighted by Gasteiger charge is 2.10. The lowest BCUT2D eigenvalue weighted by molar-refractivity contribution is 0.277. The Morgan fingerprint density at radius 3 is 0.286 bits per heavy atom. The van der Waals surface area contributed by atoms with E-state index in [4.69, 9.17) is 38.1 Å². The molecule has 0 bridgehead atoms. The molecule has 0 unspecified atom stereocenters. The second-order valence-corrected chi connectivity index (χ2v) is 28.6. The lowest BCUT2D eigenvalue weighted by Crippen LogP contribution is -2.22. The number of aliphatic hydroxyl groups excluding tert-OH is 4. The highest BCUT2D eigenvalue weighted by Crippen LogP contribution is 1.99. The maximum atomic E-state index is 7.00. The van der Waals surface area contributed by atoms with Crippen LogP contribution >= 0.6 is 0 Å². The summed E-state index contributed by atoms with van der Waals surface area (Å²) in [6, 6.07) is 0. The van der Waals surface area contributed by atoms with E-state index in [9.17, 15) is 0 Å². The van der Waals surface area contributed by atoms with E-state index in [1.54, 1.807) is 56.9 Å². The Labute approximate surface area is 274 Å². The SMILES string of the molecule is C.C.C.C.CO.CO.CO.CO.COC.COC.CO[Si](C)(C)C.CO[Si](C)(C)C.CO[Si](C)(C)C.CO[Si](C)(C)C. The molecule has 0 aromatic rings. The third kappa shape index (κ3) is 406. The summed E-state index contributed by atoms with van der Waals surface area (Å²) in [7, 11) is 13.1. The maximum Gasteiger partial charge on any atom is 0.183 e. The van der Waals surface area contributed by atoms with Crippen molar-refractivity contribution in [1.82, 2.24) is 0 Å². The average molecular weight is 701 g/mol. The minimum atomic E-state index is -1.13. The molecule has 0 saturated heterocycles. The van der Waals surface area contributed by atoms with Crippen molar-refractivity contribution in [2.75, 3.05) is 85.3 Å². The van der Waals surface area contributed by atoms with Crippen LogP contribution in [0, 0.1) is 0 Å². The van der Waals surface area contributed by atoms with Crippen molar-refractivity contribution >= 4 is 33.3 Å². The molecular weight excluding hydrogens is 609 g/mol. The van der Waals surface area contributed by atoms with Crippen LogP contribution < -0.4 is 0 Å². The predicted octanol–water partition coefficient (Wildman–Crippen LogP) is 7.37. The molecule has 0 aromatic carbocycles. The molecule has 0 amide bonds. The number of aliphatic hydroxyl groups is 4. The summed E-state index contributed by atoms with van der Waals surface area (Å²) in [5.74, 6) is 0. The van der Waals surface area contributed by atoms with Crippen LogP contribution in [0.3, 0.4) is 0 Å². The van der Waals surface area contributed by atoms with Crippen LogP contribution in [0.4, 0.5) is 0 Å². The molecule has 0 saturated carbocycles. The topological polar surface area (TPSA) is 136 Å². The zero-order valence-electron chi connectivity index (χ0n) is 30.2. The van der Waals surface area contributed by atoms with Crippen LogP contribution in [-0.2, 0) is 27.2 Å². The summed E-state index contributed by atoms with van der Waals surface area (Å²) in [5, 5.41) is 28.0. The van der Waals surface area contributed by atoms with Crippen LogP contribution in [0.15, 0.2) is 0 Å². The summed E-state index contributed by atoms with van der Waals surface area (Å²) < 4.78 is 28.8. The van der Waals surface area contributed by atoms with Gasteiger partial charge in [0.1, 0.15) is 0 Å². The quantitative estimate of drug-likeness (QED) is 0.220. The van der Waals surface area contributed by atoms with Crippen molar-refractivity contribution in [2.24, 2.45) is 0 Å². The fraction of sp³-hybridized carbons (Fsp3) is 1.00. The Morgan fingerprint density at radius 2 is 0.286 bits per heavy atom. The van der Waals surface area contributed by atoms with Gasteiger partial charge in [-0.1, -0.05) is 29.7 Å². The second kappa shape index (κ2) is 73.2. The van der Waals surface area contributed by atoms with Crippen molar-refractivity contribution in [3.05, 3.63) is 0 Å². The van der Waals surface area contributed by atoms with E-state index in [1.807, 2.05) is 0 Å². The maximum absolute atomic E-state index is 7.00. The van der Waals surface area contributed by atoms with Crippen molar-refractivity contribution in [3.8, 4) is 0 Å². The number of hydrogen-bond acceptors (Lipinski definition) is 10. The largest absolute Gasteiger partial charge is 0.421 e. The van der Waals surface area contributed by atoms with Gasteiger partial charge >= 0.3 is 0 Å². The van der Waals surface area contributed by atoms with Crippen LogP contribution in [0.2, 0.25) is 78.6 Å². The van der Waals surface area contributed by atoms with Gasteiger partial charge in [-0.3, -0.25) is 0 Å². The zero-order chi connectivity index (χ0) is 34.2. The summed E-state index contributed by atoms with van der Waals surface area (Å²) in [4.78, 5) is 0. The summed E-state index contributed by atoms with van der Waals surface area (Å²) in [6.07, 6.45) is 0. The van der Waals surface area contributed by atoms with E-state index in [1.165, 1.54) is 0 Å². The Morgan fingerprint density at radius 1 is 0.262 bits per heavy atom. The van der Waals surface area contributed by atoms with E-state index >= 15 is 0 Å². The van der Waals surface area contributed by atoms with Crippen LogP contribution in [0.1, 0.15) is 29.7 Å². The zero-order valence-corrected chi connectivity index (χ0v) is 34.2. The third-order valence-corrected chi connectivity index (χ3v) is 7.35. The average Bonchev–Trinajstić information content (AvgIpc) is 2.84. The molecule has 0 aliphatic heterocycles. The molecule has 4 N–H and O–H groups in total. The van der Waals surface area contributed by atoms with Gasteiger partial charge in [-0.25, -0.2) is 0 Å². The van der Waals surface area contributed by atoms with E-state index in [0.717, 1.165) is 28.4 Å². The molecule has 10 nitrogen and oxygen atoms in total. The van der Waals surface area contributed by atoms with E-state index < -0.39 is 33.3 Å². The Hall–Kier alpha value is 0.468. The Balaban J connectivity index is -0.0000000177. The van der Waals surface area contributed by atoms with Crippen LogP contribution in [-0.4, -0.2) is 139 Å². The van der Waals surface area contributed by atoms with Crippen LogP contribution in [0.25, 0.3) is 0 Å². The summed E-state index contributed by atoms with van der Waals surface area (Å²) in [5.41, 5.74) is 0. The Bertz CT molecular complexity index is 249. The number of hydrogen-bond donors (Lipinski definition) is 4. The number of ether oxygens (including phenoxy) is 2. The minimum absolute atomic E-state index is 0. The standard InChI is InChI=1S/4C4H12OSi.2C2H6O.4CH4O.4CH4/c4*1-5-6(2,3)4;2*1-3-2;4*1-2;;;;/h4*1-4H3;2*1-2H3;4*2H,1H3;4*1H4. The first kappa shape index (κ1) is 90.1. The van der Waals surface area contributed by atoms with Gasteiger partial charge in [0.25, 0.3) is 0 Å². The molecule has 0 heterocycles. The second-order valence-electron chi connectivity index (χ2n) is 10.1. The van der Waals surface area contributed by atoms with Crippen molar-refractivity contribution in [3.63, 3.8) is 0 Å². The molecule has 0 aliphatic rings. The lowest BCUT2D eigenvalue weighted by Gasteiger charge is -2.10. The molecule has 0 rings (SSSR count). The normalized spacial score (nSPS) is 8.29. The Kier molecular flexibility index (Phi) is 157. The summed E-state index contributed by atoms with van der Waals surface area (Å²) in [6.45, 7) is 25.9. The van der Waals surface area contributed by atoms with Gasteiger partial charge in [0, 0.05) is 85.3 Å². The highest BCUT2D eigenvalue weighted by atomic mass is 28.4. The minimum Gasteiger partial charge on any atom is -0.421 e. The molecule has 0 spiro atoms. The van der Waals surface area contributed by atoms with Crippen molar-refractivity contribution < 1.29 is 47.6 Å². The van der Waals surface area contributed by atoms with Crippen molar-refractivity contribution in [2.45, 2.75) is 108 Å². The molecule has 42 heavy (non-hydrogen) atoms. The van der Waals surface area contributed by atoms with Gasteiger partial charge in [0.15, 0.2) is 33.3 Å². The molecule has 0 radical (unpaired) electrons. The first-order valence-electron chi connectivity index (χ1n) is 11.9.